The van der Waals surface area contributed by atoms with Crippen molar-refractivity contribution in [2.75, 3.05) is 13.6 Å². The normalized spacial score (nSPS) is 19.3. The molecule has 10 heteroatoms. The van der Waals surface area contributed by atoms with Crippen LogP contribution in [0.25, 0.3) is 11.5 Å². The number of hydrogen-bond acceptors (Lipinski definition) is 7. The van der Waals surface area contributed by atoms with Crippen LogP contribution < -0.4 is 0 Å². The van der Waals surface area contributed by atoms with Crippen LogP contribution in [-0.4, -0.2) is 53.7 Å². The molecule has 1 saturated carbocycles. The minimum absolute atomic E-state index is 0.0117. The van der Waals surface area contributed by atoms with E-state index in [0.717, 1.165) is 42.5 Å². The summed E-state index contributed by atoms with van der Waals surface area (Å²) in [5, 5.41) is 0. The van der Waals surface area contributed by atoms with Crippen molar-refractivity contribution in [3.63, 3.8) is 0 Å². The van der Waals surface area contributed by atoms with Crippen molar-refractivity contribution in [1.82, 2.24) is 9.88 Å². The maximum absolute atomic E-state index is 12.5. The highest BCUT2D eigenvalue weighted by molar-refractivity contribution is 5.91. The van der Waals surface area contributed by atoms with Crippen LogP contribution in [0.1, 0.15) is 56.5 Å². The molecule has 0 spiro atoms. The minimum Gasteiger partial charge on any atom is -0.441 e. The SMILES string of the molecule is Cc1ccc(-c2nc(COC3CCCC(CN(C)[C@H](C(=O)OC(=O)C(F)(F)F)C(C)C)C3)c(C)o2)cc1. The predicted molar refractivity (Wildman–Crippen MR) is 130 cm³/mol. The van der Waals surface area contributed by atoms with Gasteiger partial charge in [-0.25, -0.2) is 14.6 Å². The minimum atomic E-state index is -5.22. The number of alkyl halides is 3. The van der Waals surface area contributed by atoms with Crippen LogP contribution >= 0.6 is 0 Å². The molecule has 0 N–H and O–H groups in total. The Morgan fingerprint density at radius 2 is 1.84 bits per heavy atom. The topological polar surface area (TPSA) is 81.9 Å². The lowest BCUT2D eigenvalue weighted by Gasteiger charge is -2.35. The molecule has 0 amide bonds. The number of halogens is 3. The number of carbonyl (C=O) groups is 2. The standard InChI is InChI=1S/C27H35F3N2O5/c1-16(2)23(25(33)37-26(34)27(28,29)30)32(5)14-19-7-6-8-21(13-19)35-15-22-18(4)36-24(31-22)20-11-9-17(3)10-12-20/h9-12,16,19,21,23H,6-8,13-15H2,1-5H3/t19?,21?,23-/m0/s1. The molecule has 0 bridgehead atoms. The Hall–Kier alpha value is -2.72. The highest BCUT2D eigenvalue weighted by atomic mass is 19.4. The van der Waals surface area contributed by atoms with E-state index in [4.69, 9.17) is 9.15 Å². The van der Waals surface area contributed by atoms with Crippen LogP contribution in [0.15, 0.2) is 28.7 Å². The fraction of sp³-hybridized carbons (Fsp3) is 0.593. The number of aromatic nitrogens is 1. The quantitative estimate of drug-likeness (QED) is 0.311. The zero-order valence-electron chi connectivity index (χ0n) is 21.9. The number of ether oxygens (including phenoxy) is 2. The predicted octanol–water partition coefficient (Wildman–Crippen LogP) is 5.62. The van der Waals surface area contributed by atoms with Gasteiger partial charge in [-0.05, 0) is 64.1 Å². The molecule has 204 valence electrons. The van der Waals surface area contributed by atoms with E-state index in [9.17, 15) is 22.8 Å². The Balaban J connectivity index is 1.55. The second-order valence-corrected chi connectivity index (χ2v) is 10.2. The van der Waals surface area contributed by atoms with E-state index in [-0.39, 0.29) is 17.9 Å². The number of nitrogens with zero attached hydrogens (tertiary/aromatic N) is 2. The summed E-state index contributed by atoms with van der Waals surface area (Å²) in [7, 11) is 1.67. The Morgan fingerprint density at radius 1 is 1.16 bits per heavy atom. The maximum atomic E-state index is 12.5. The summed E-state index contributed by atoms with van der Waals surface area (Å²) in [4.78, 5) is 29.8. The van der Waals surface area contributed by atoms with E-state index in [1.54, 1.807) is 25.8 Å². The largest absolute Gasteiger partial charge is 0.491 e. The molecule has 0 saturated heterocycles. The summed E-state index contributed by atoms with van der Waals surface area (Å²) in [5.41, 5.74) is 2.79. The third kappa shape index (κ3) is 7.88. The summed E-state index contributed by atoms with van der Waals surface area (Å²) in [6, 6.07) is 6.97. The first-order valence-corrected chi connectivity index (χ1v) is 12.5. The maximum Gasteiger partial charge on any atom is 0.491 e. The average Bonchev–Trinajstić information content (AvgIpc) is 3.18. The molecule has 1 aromatic carbocycles. The van der Waals surface area contributed by atoms with Crippen molar-refractivity contribution < 1.29 is 36.7 Å². The number of benzene rings is 1. The van der Waals surface area contributed by atoms with Gasteiger partial charge in [0.25, 0.3) is 0 Å². The monoisotopic (exact) mass is 524 g/mol. The van der Waals surface area contributed by atoms with Gasteiger partial charge in [-0.1, -0.05) is 38.0 Å². The van der Waals surface area contributed by atoms with E-state index in [1.165, 1.54) is 0 Å². The molecule has 1 aliphatic rings. The molecule has 2 aromatic rings. The van der Waals surface area contributed by atoms with Crippen LogP contribution in [0, 0.1) is 25.7 Å². The molecule has 1 fully saturated rings. The van der Waals surface area contributed by atoms with Gasteiger partial charge in [0.2, 0.25) is 5.89 Å². The van der Waals surface area contributed by atoms with E-state index in [2.05, 4.69) is 9.72 Å². The molecule has 0 aliphatic heterocycles. The Bertz CT molecular complexity index is 1060. The lowest BCUT2D eigenvalue weighted by molar-refractivity contribution is -0.203. The summed E-state index contributed by atoms with van der Waals surface area (Å²) in [6.07, 6.45) is -1.76. The molecule has 1 aromatic heterocycles. The van der Waals surface area contributed by atoms with Crippen molar-refractivity contribution in [3.8, 4) is 11.5 Å². The Labute approximate surface area is 215 Å². The zero-order chi connectivity index (χ0) is 27.3. The van der Waals surface area contributed by atoms with Gasteiger partial charge in [0, 0.05) is 12.1 Å². The van der Waals surface area contributed by atoms with Gasteiger partial charge in [0.1, 0.15) is 17.5 Å². The first kappa shape index (κ1) is 28.8. The first-order valence-electron chi connectivity index (χ1n) is 12.5. The van der Waals surface area contributed by atoms with E-state index < -0.39 is 24.2 Å². The van der Waals surface area contributed by atoms with Gasteiger partial charge in [-0.15, -0.1) is 0 Å². The van der Waals surface area contributed by atoms with E-state index in [1.807, 2.05) is 38.1 Å². The van der Waals surface area contributed by atoms with Gasteiger partial charge in [-0.3, -0.25) is 4.90 Å². The third-order valence-corrected chi connectivity index (χ3v) is 6.70. The molecular formula is C27H35F3N2O5. The molecule has 37 heavy (non-hydrogen) atoms. The molecule has 7 nitrogen and oxygen atoms in total. The van der Waals surface area contributed by atoms with Gasteiger partial charge < -0.3 is 13.9 Å². The fourth-order valence-corrected chi connectivity index (χ4v) is 4.83. The van der Waals surface area contributed by atoms with Crippen LogP contribution in [0.4, 0.5) is 13.2 Å². The smallest absolute Gasteiger partial charge is 0.441 e. The molecular weight excluding hydrogens is 489 g/mol. The van der Waals surface area contributed by atoms with Gasteiger partial charge in [0.15, 0.2) is 0 Å². The second-order valence-electron chi connectivity index (χ2n) is 10.2. The lowest BCUT2D eigenvalue weighted by atomic mass is 9.86. The fourth-order valence-electron chi connectivity index (χ4n) is 4.83. The van der Waals surface area contributed by atoms with Crippen molar-refractivity contribution in [2.24, 2.45) is 11.8 Å². The number of likely N-dealkylation sites (N-methyl/N-ethyl adjacent to an activating group) is 1. The van der Waals surface area contributed by atoms with Gasteiger partial charge >= 0.3 is 18.1 Å². The van der Waals surface area contributed by atoms with Crippen molar-refractivity contribution in [1.29, 1.82) is 0 Å². The first-order chi connectivity index (χ1) is 17.3. The highest BCUT2D eigenvalue weighted by Gasteiger charge is 2.44. The molecule has 0 radical (unpaired) electrons. The molecule has 2 unspecified atom stereocenters. The Kier molecular flexibility index (Phi) is 9.52. The number of aryl methyl sites for hydroxylation is 2. The van der Waals surface area contributed by atoms with E-state index >= 15 is 0 Å². The van der Waals surface area contributed by atoms with Gasteiger partial charge in [0.05, 0.1) is 12.7 Å². The summed E-state index contributed by atoms with van der Waals surface area (Å²) in [5.74, 6) is -2.58. The summed E-state index contributed by atoms with van der Waals surface area (Å²) in [6.45, 7) is 8.07. The molecule has 1 aliphatic carbocycles. The zero-order valence-corrected chi connectivity index (χ0v) is 21.9. The van der Waals surface area contributed by atoms with Crippen LogP contribution in [0.5, 0.6) is 0 Å². The summed E-state index contributed by atoms with van der Waals surface area (Å²) < 4.78 is 53.8. The Morgan fingerprint density at radius 3 is 2.46 bits per heavy atom. The number of carbonyl (C=O) groups excluding carboxylic acids is 2. The third-order valence-electron chi connectivity index (χ3n) is 6.70. The highest BCUT2D eigenvalue weighted by Crippen LogP contribution is 2.30. The number of oxazole rings is 1. The number of hydrogen-bond donors (Lipinski definition) is 0. The van der Waals surface area contributed by atoms with Crippen LogP contribution in [0.3, 0.4) is 0 Å². The second kappa shape index (κ2) is 12.2. The van der Waals surface area contributed by atoms with Crippen LogP contribution in [-0.2, 0) is 25.7 Å². The number of esters is 2. The molecule has 1 heterocycles. The number of rotatable bonds is 9. The van der Waals surface area contributed by atoms with Crippen LogP contribution in [0.2, 0.25) is 0 Å². The summed E-state index contributed by atoms with van der Waals surface area (Å²) >= 11 is 0. The molecule has 3 atom stereocenters. The van der Waals surface area contributed by atoms with Crippen molar-refractivity contribution >= 4 is 11.9 Å². The van der Waals surface area contributed by atoms with Crippen molar-refractivity contribution in [2.45, 2.75) is 78.3 Å². The average molecular weight is 525 g/mol. The van der Waals surface area contributed by atoms with E-state index in [0.29, 0.717) is 24.8 Å². The lowest BCUT2D eigenvalue weighted by Crippen LogP contribution is -2.47. The molecule has 3 rings (SSSR count). The van der Waals surface area contributed by atoms with Crippen molar-refractivity contribution in [3.05, 3.63) is 41.3 Å². The van der Waals surface area contributed by atoms with Gasteiger partial charge in [-0.2, -0.15) is 13.2 Å².